The number of fused-ring (bicyclic) bond motifs is 2. The van der Waals surface area contributed by atoms with Crippen LogP contribution in [-0.2, 0) is 6.54 Å². The van der Waals surface area contributed by atoms with Crippen LogP contribution in [0.3, 0.4) is 0 Å². The number of imidazole rings is 2. The van der Waals surface area contributed by atoms with E-state index in [-0.39, 0.29) is 0 Å². The van der Waals surface area contributed by atoms with Gasteiger partial charge >= 0.3 is 0 Å². The molecule has 10 heteroatoms. The lowest BCUT2D eigenvalue weighted by molar-refractivity contribution is 0.358. The molecule has 4 aromatic heterocycles. The maximum Gasteiger partial charge on any atom is 0.232 e. The third-order valence-electron chi connectivity index (χ3n) is 6.05. The van der Waals surface area contributed by atoms with Crippen LogP contribution in [0.4, 0.5) is 17.6 Å². The molecule has 166 valence electrons. The number of hydrogen-bond donors (Lipinski definition) is 3. The number of H-pyrrole nitrogens is 1. The zero-order chi connectivity index (χ0) is 22.0. The lowest BCUT2D eigenvalue weighted by Gasteiger charge is -2.23. The van der Waals surface area contributed by atoms with Gasteiger partial charge in [-0.05, 0) is 25.0 Å². The Hall–Kier alpha value is -4.08. The molecular formula is C23H24N10. The highest BCUT2D eigenvalue weighted by atomic mass is 15.2. The molecule has 1 aliphatic rings. The first kappa shape index (κ1) is 19.6. The van der Waals surface area contributed by atoms with Crippen molar-refractivity contribution in [2.75, 3.05) is 10.6 Å². The average Bonchev–Trinajstić information content (AvgIpc) is 3.48. The number of rotatable bonds is 6. The topological polar surface area (TPSA) is 122 Å². The highest BCUT2D eigenvalue weighted by Gasteiger charge is 2.21. The molecule has 33 heavy (non-hydrogen) atoms. The molecule has 0 aliphatic heterocycles. The fraction of sp³-hybridized carbons (Fsp3) is 0.304. The largest absolute Gasteiger partial charge is 0.361 e. The van der Waals surface area contributed by atoms with E-state index in [0.717, 1.165) is 40.9 Å². The molecule has 0 spiro atoms. The van der Waals surface area contributed by atoms with Crippen molar-refractivity contribution in [3.8, 4) is 0 Å². The molecular weight excluding hydrogens is 416 g/mol. The molecule has 4 heterocycles. The normalized spacial score (nSPS) is 14.7. The van der Waals surface area contributed by atoms with Crippen LogP contribution in [0.2, 0.25) is 0 Å². The van der Waals surface area contributed by atoms with Crippen LogP contribution in [-0.4, -0.2) is 39.5 Å². The lowest BCUT2D eigenvalue weighted by Crippen LogP contribution is -2.13. The number of aromatic nitrogens is 8. The molecule has 1 aliphatic carbocycles. The second kappa shape index (κ2) is 8.45. The van der Waals surface area contributed by atoms with Crippen molar-refractivity contribution in [2.45, 2.75) is 44.7 Å². The third kappa shape index (κ3) is 3.95. The van der Waals surface area contributed by atoms with Crippen molar-refractivity contribution in [3.05, 3.63) is 55.0 Å². The minimum atomic E-state index is 0.409. The predicted molar refractivity (Wildman–Crippen MR) is 126 cm³/mol. The summed E-state index contributed by atoms with van der Waals surface area (Å²) in [5, 5.41) is 6.59. The molecule has 0 atom stereocenters. The SMILES string of the molecule is c1ccc2[nH]c(CNc3nc(Nc4cnccn4)nc4c3ncn4C3CCCCC3)nc2c1. The average molecular weight is 441 g/mol. The molecule has 5 aromatic rings. The minimum Gasteiger partial charge on any atom is -0.361 e. The Morgan fingerprint density at radius 1 is 1.00 bits per heavy atom. The molecule has 1 saturated carbocycles. The Balaban J connectivity index is 1.36. The summed E-state index contributed by atoms with van der Waals surface area (Å²) in [7, 11) is 0. The fourth-order valence-corrected chi connectivity index (χ4v) is 4.46. The van der Waals surface area contributed by atoms with Gasteiger partial charge < -0.3 is 20.2 Å². The highest BCUT2D eigenvalue weighted by Crippen LogP contribution is 2.32. The molecule has 0 bridgehead atoms. The van der Waals surface area contributed by atoms with Crippen LogP contribution < -0.4 is 10.6 Å². The molecule has 3 N–H and O–H groups in total. The third-order valence-corrected chi connectivity index (χ3v) is 6.05. The van der Waals surface area contributed by atoms with Crippen LogP contribution in [0.5, 0.6) is 0 Å². The molecule has 0 amide bonds. The Morgan fingerprint density at radius 3 is 2.76 bits per heavy atom. The van der Waals surface area contributed by atoms with Gasteiger partial charge in [0.2, 0.25) is 5.95 Å². The Morgan fingerprint density at radius 2 is 1.91 bits per heavy atom. The monoisotopic (exact) mass is 440 g/mol. The Bertz CT molecular complexity index is 1350. The van der Waals surface area contributed by atoms with E-state index in [1.54, 1.807) is 18.6 Å². The zero-order valence-electron chi connectivity index (χ0n) is 18.1. The van der Waals surface area contributed by atoms with Gasteiger partial charge in [0, 0.05) is 18.4 Å². The number of aromatic amines is 1. The van der Waals surface area contributed by atoms with Crippen molar-refractivity contribution < 1.29 is 0 Å². The van der Waals surface area contributed by atoms with Crippen LogP contribution in [0.25, 0.3) is 22.2 Å². The van der Waals surface area contributed by atoms with Crippen molar-refractivity contribution in [3.63, 3.8) is 0 Å². The molecule has 10 nitrogen and oxygen atoms in total. The second-order valence-electron chi connectivity index (χ2n) is 8.28. The van der Waals surface area contributed by atoms with E-state index < -0.39 is 0 Å². The van der Waals surface area contributed by atoms with E-state index in [4.69, 9.17) is 9.97 Å². The minimum absolute atomic E-state index is 0.409. The highest BCUT2D eigenvalue weighted by molar-refractivity contribution is 5.85. The predicted octanol–water partition coefficient (Wildman–Crippen LogP) is 4.35. The smallest absolute Gasteiger partial charge is 0.232 e. The van der Waals surface area contributed by atoms with Gasteiger partial charge in [-0.2, -0.15) is 9.97 Å². The molecule has 1 aromatic carbocycles. The van der Waals surface area contributed by atoms with Crippen molar-refractivity contribution >= 4 is 39.8 Å². The molecule has 1 fully saturated rings. The van der Waals surface area contributed by atoms with E-state index in [0.29, 0.717) is 30.2 Å². The summed E-state index contributed by atoms with van der Waals surface area (Å²) in [6.07, 6.45) is 12.9. The summed E-state index contributed by atoms with van der Waals surface area (Å²) in [5.74, 6) is 2.52. The second-order valence-corrected chi connectivity index (χ2v) is 8.28. The summed E-state index contributed by atoms with van der Waals surface area (Å²) in [5.41, 5.74) is 3.51. The number of nitrogens with zero attached hydrogens (tertiary/aromatic N) is 7. The van der Waals surface area contributed by atoms with Crippen LogP contribution in [0.1, 0.15) is 44.0 Å². The van der Waals surface area contributed by atoms with Gasteiger partial charge in [-0.3, -0.25) is 4.98 Å². The van der Waals surface area contributed by atoms with Crippen LogP contribution in [0, 0.1) is 0 Å². The zero-order valence-corrected chi connectivity index (χ0v) is 18.1. The van der Waals surface area contributed by atoms with E-state index in [9.17, 15) is 0 Å². The first-order chi connectivity index (χ1) is 16.3. The fourth-order valence-electron chi connectivity index (χ4n) is 4.46. The van der Waals surface area contributed by atoms with E-state index in [1.165, 1.54) is 19.3 Å². The van der Waals surface area contributed by atoms with Crippen molar-refractivity contribution in [1.82, 2.24) is 39.5 Å². The van der Waals surface area contributed by atoms with Gasteiger partial charge in [0.15, 0.2) is 22.8 Å². The Labute approximate surface area is 190 Å². The number of anilines is 3. The maximum atomic E-state index is 4.80. The molecule has 0 unspecified atom stereocenters. The van der Waals surface area contributed by atoms with Gasteiger partial charge in [0.1, 0.15) is 5.82 Å². The van der Waals surface area contributed by atoms with E-state index >= 15 is 0 Å². The quantitative estimate of drug-likeness (QED) is 0.356. The van der Waals surface area contributed by atoms with E-state index in [1.807, 2.05) is 30.6 Å². The van der Waals surface area contributed by atoms with Gasteiger partial charge in [-0.1, -0.05) is 31.4 Å². The standard InChI is InChI=1S/C23H24N10/c1-2-6-15(7-3-1)33-14-27-20-21(26-13-19-28-16-8-4-5-9-17(16)29-19)31-23(32-22(20)33)30-18-12-24-10-11-25-18/h4-5,8-12,14-15H,1-3,6-7,13H2,(H,28,29)(H2,25,26,30,31,32). The van der Waals surface area contributed by atoms with Gasteiger partial charge in [-0.25, -0.2) is 15.0 Å². The summed E-state index contributed by atoms with van der Waals surface area (Å²) in [6, 6.07) is 8.40. The summed E-state index contributed by atoms with van der Waals surface area (Å²) < 4.78 is 2.20. The summed E-state index contributed by atoms with van der Waals surface area (Å²) >= 11 is 0. The van der Waals surface area contributed by atoms with Gasteiger partial charge in [-0.15, -0.1) is 0 Å². The van der Waals surface area contributed by atoms with Crippen LogP contribution in [0.15, 0.2) is 49.2 Å². The van der Waals surface area contributed by atoms with Crippen LogP contribution >= 0.6 is 0 Å². The molecule has 0 radical (unpaired) electrons. The number of para-hydroxylation sites is 2. The van der Waals surface area contributed by atoms with Gasteiger partial charge in [0.05, 0.1) is 30.1 Å². The van der Waals surface area contributed by atoms with Crippen molar-refractivity contribution in [2.24, 2.45) is 0 Å². The maximum absolute atomic E-state index is 4.80. The summed E-state index contributed by atoms with van der Waals surface area (Å²) in [4.78, 5) is 30.6. The first-order valence-corrected chi connectivity index (χ1v) is 11.3. The van der Waals surface area contributed by atoms with Gasteiger partial charge in [0.25, 0.3) is 0 Å². The Kier molecular flexibility index (Phi) is 5.02. The summed E-state index contributed by atoms with van der Waals surface area (Å²) in [6.45, 7) is 0.488. The lowest BCUT2D eigenvalue weighted by atomic mass is 9.95. The number of benzene rings is 1. The molecule has 6 rings (SSSR count). The first-order valence-electron chi connectivity index (χ1n) is 11.3. The number of hydrogen-bond acceptors (Lipinski definition) is 8. The van der Waals surface area contributed by atoms with Crippen molar-refractivity contribution in [1.29, 1.82) is 0 Å². The van der Waals surface area contributed by atoms with E-state index in [2.05, 4.69) is 40.1 Å². The molecule has 0 saturated heterocycles. The number of nitrogens with one attached hydrogen (secondary N) is 3.